The van der Waals surface area contributed by atoms with E-state index in [1.165, 1.54) is 6.92 Å². The SMILES string of the molecule is CCN(CC(=O)Nc1ccc(NC(C)=O)cc1)Cc1nc(C(C)(C)NC(=O)OC(C)(C)C)no1. The average molecular weight is 475 g/mol. The van der Waals surface area contributed by atoms with Gasteiger partial charge in [0.05, 0.1) is 13.1 Å². The molecule has 0 spiro atoms. The minimum absolute atomic E-state index is 0.112. The van der Waals surface area contributed by atoms with Crippen LogP contribution in [-0.4, -0.2) is 51.6 Å². The topological polar surface area (TPSA) is 139 Å². The fraction of sp³-hybridized carbons (Fsp3) is 0.522. The number of nitrogens with zero attached hydrogens (tertiary/aromatic N) is 3. The lowest BCUT2D eigenvalue weighted by Gasteiger charge is -2.26. The number of aromatic nitrogens is 2. The Morgan fingerprint density at radius 1 is 1.03 bits per heavy atom. The zero-order valence-corrected chi connectivity index (χ0v) is 20.8. The lowest BCUT2D eigenvalue weighted by Crippen LogP contribution is -2.44. The molecule has 0 atom stereocenters. The molecule has 0 aliphatic rings. The third kappa shape index (κ3) is 8.81. The molecular weight excluding hydrogens is 440 g/mol. The summed E-state index contributed by atoms with van der Waals surface area (Å²) in [5.74, 6) is 0.251. The molecule has 0 radical (unpaired) electrons. The minimum atomic E-state index is -0.915. The summed E-state index contributed by atoms with van der Waals surface area (Å²) in [6.45, 7) is 13.1. The number of alkyl carbamates (subject to hydrolysis) is 1. The molecule has 2 rings (SSSR count). The van der Waals surface area contributed by atoms with Crippen LogP contribution in [0.3, 0.4) is 0 Å². The summed E-state index contributed by atoms with van der Waals surface area (Å²) in [5.41, 5.74) is -0.276. The third-order valence-electron chi connectivity index (χ3n) is 4.50. The van der Waals surface area contributed by atoms with E-state index in [-0.39, 0.29) is 24.9 Å². The average Bonchev–Trinajstić information content (AvgIpc) is 3.16. The maximum absolute atomic E-state index is 12.5. The van der Waals surface area contributed by atoms with Gasteiger partial charge in [-0.15, -0.1) is 0 Å². The van der Waals surface area contributed by atoms with Crippen molar-refractivity contribution in [2.24, 2.45) is 0 Å². The summed E-state index contributed by atoms with van der Waals surface area (Å²) < 4.78 is 10.6. The number of hydrogen-bond donors (Lipinski definition) is 3. The van der Waals surface area contributed by atoms with Crippen molar-refractivity contribution in [2.45, 2.75) is 66.2 Å². The molecule has 11 nitrogen and oxygen atoms in total. The molecule has 0 saturated carbocycles. The molecule has 0 fully saturated rings. The highest BCUT2D eigenvalue weighted by Crippen LogP contribution is 2.19. The van der Waals surface area contributed by atoms with Gasteiger partial charge >= 0.3 is 6.09 Å². The molecule has 2 aromatic rings. The van der Waals surface area contributed by atoms with Gasteiger partial charge in [-0.2, -0.15) is 4.98 Å². The lowest BCUT2D eigenvalue weighted by atomic mass is 10.1. The van der Waals surface area contributed by atoms with Gasteiger partial charge in [-0.05, 0) is 65.4 Å². The Labute approximate surface area is 199 Å². The van der Waals surface area contributed by atoms with Gasteiger partial charge in [0.15, 0.2) is 5.82 Å². The van der Waals surface area contributed by atoms with Crippen LogP contribution in [-0.2, 0) is 26.4 Å². The van der Waals surface area contributed by atoms with Crippen LogP contribution in [0.1, 0.15) is 60.2 Å². The highest BCUT2D eigenvalue weighted by molar-refractivity contribution is 5.93. The Hall–Kier alpha value is -3.47. The van der Waals surface area contributed by atoms with Crippen LogP contribution in [0.2, 0.25) is 0 Å². The number of ether oxygens (including phenoxy) is 1. The van der Waals surface area contributed by atoms with Crippen molar-refractivity contribution < 1.29 is 23.6 Å². The summed E-state index contributed by atoms with van der Waals surface area (Å²) in [7, 11) is 0. The lowest BCUT2D eigenvalue weighted by molar-refractivity contribution is -0.117. The first-order chi connectivity index (χ1) is 15.8. The van der Waals surface area contributed by atoms with E-state index in [4.69, 9.17) is 9.26 Å². The van der Waals surface area contributed by atoms with Crippen molar-refractivity contribution in [3.63, 3.8) is 0 Å². The van der Waals surface area contributed by atoms with Crippen LogP contribution < -0.4 is 16.0 Å². The van der Waals surface area contributed by atoms with Gasteiger partial charge in [0.25, 0.3) is 0 Å². The van der Waals surface area contributed by atoms with Gasteiger partial charge in [0.2, 0.25) is 17.7 Å². The van der Waals surface area contributed by atoms with Crippen LogP contribution in [0.4, 0.5) is 16.2 Å². The quantitative estimate of drug-likeness (QED) is 0.503. The molecule has 0 aliphatic heterocycles. The molecular formula is C23H34N6O5. The van der Waals surface area contributed by atoms with Crippen LogP contribution >= 0.6 is 0 Å². The molecule has 1 heterocycles. The van der Waals surface area contributed by atoms with Crippen LogP contribution in [0, 0.1) is 0 Å². The first-order valence-corrected chi connectivity index (χ1v) is 11.0. The zero-order chi connectivity index (χ0) is 25.5. The Kier molecular flexibility index (Phi) is 8.74. The number of benzene rings is 1. The van der Waals surface area contributed by atoms with Crippen molar-refractivity contribution in [3.8, 4) is 0 Å². The van der Waals surface area contributed by atoms with Gasteiger partial charge in [-0.3, -0.25) is 14.5 Å². The van der Waals surface area contributed by atoms with E-state index in [9.17, 15) is 14.4 Å². The number of carbonyl (C=O) groups is 3. The number of nitrogens with one attached hydrogen (secondary N) is 3. The maximum Gasteiger partial charge on any atom is 0.408 e. The monoisotopic (exact) mass is 474 g/mol. The highest BCUT2D eigenvalue weighted by atomic mass is 16.6. The maximum atomic E-state index is 12.5. The zero-order valence-electron chi connectivity index (χ0n) is 20.8. The molecule has 0 unspecified atom stereocenters. The molecule has 1 aromatic heterocycles. The molecule has 0 bridgehead atoms. The molecule has 3 amide bonds. The molecule has 186 valence electrons. The predicted molar refractivity (Wildman–Crippen MR) is 127 cm³/mol. The van der Waals surface area contributed by atoms with Crippen molar-refractivity contribution in [2.75, 3.05) is 23.7 Å². The first-order valence-electron chi connectivity index (χ1n) is 11.0. The van der Waals surface area contributed by atoms with E-state index in [0.29, 0.717) is 29.6 Å². The van der Waals surface area contributed by atoms with Crippen molar-refractivity contribution in [3.05, 3.63) is 36.0 Å². The van der Waals surface area contributed by atoms with Crippen LogP contribution in [0.5, 0.6) is 0 Å². The first kappa shape index (κ1) is 26.8. The number of amides is 3. The molecule has 3 N–H and O–H groups in total. The second kappa shape index (κ2) is 11.1. The fourth-order valence-corrected chi connectivity index (χ4v) is 2.90. The van der Waals surface area contributed by atoms with E-state index in [1.54, 1.807) is 58.9 Å². The van der Waals surface area contributed by atoms with E-state index < -0.39 is 17.2 Å². The Balaban J connectivity index is 1.93. The van der Waals surface area contributed by atoms with Gasteiger partial charge in [0, 0.05) is 18.3 Å². The van der Waals surface area contributed by atoms with Gasteiger partial charge < -0.3 is 25.2 Å². The standard InChI is InChI=1S/C23H34N6O5/c1-8-29(13-18(31)25-17-11-9-16(10-12-17)24-15(2)30)14-19-26-20(28-34-19)23(6,7)27-21(32)33-22(3,4)5/h9-12H,8,13-14H2,1-7H3,(H,24,30)(H,25,31)(H,27,32). The van der Waals surface area contributed by atoms with Crippen molar-refractivity contribution in [1.29, 1.82) is 0 Å². The molecule has 11 heteroatoms. The van der Waals surface area contributed by atoms with Gasteiger partial charge in [-0.1, -0.05) is 12.1 Å². The Morgan fingerprint density at radius 2 is 1.62 bits per heavy atom. The van der Waals surface area contributed by atoms with E-state index in [1.807, 2.05) is 11.8 Å². The van der Waals surface area contributed by atoms with E-state index >= 15 is 0 Å². The molecule has 0 aliphatic carbocycles. The van der Waals surface area contributed by atoms with Gasteiger partial charge in [-0.25, -0.2) is 4.79 Å². The van der Waals surface area contributed by atoms with E-state index in [0.717, 1.165) is 0 Å². The number of carbonyl (C=O) groups excluding carboxylic acids is 3. The smallest absolute Gasteiger partial charge is 0.408 e. The van der Waals surface area contributed by atoms with Crippen molar-refractivity contribution in [1.82, 2.24) is 20.4 Å². The normalized spacial score (nSPS) is 11.8. The summed E-state index contributed by atoms with van der Waals surface area (Å²) >= 11 is 0. The predicted octanol–water partition coefficient (Wildman–Crippen LogP) is 3.25. The summed E-state index contributed by atoms with van der Waals surface area (Å²) in [4.78, 5) is 41.9. The number of anilines is 2. The molecule has 0 saturated heterocycles. The van der Waals surface area contributed by atoms with Crippen LogP contribution in [0.15, 0.2) is 28.8 Å². The largest absolute Gasteiger partial charge is 0.444 e. The minimum Gasteiger partial charge on any atom is -0.444 e. The highest BCUT2D eigenvalue weighted by Gasteiger charge is 2.31. The molecule has 34 heavy (non-hydrogen) atoms. The molecule has 1 aromatic carbocycles. The summed E-state index contributed by atoms with van der Waals surface area (Å²) in [5, 5.41) is 12.2. The third-order valence-corrected chi connectivity index (χ3v) is 4.50. The number of hydrogen-bond acceptors (Lipinski definition) is 8. The second-order valence-electron chi connectivity index (χ2n) is 9.37. The number of rotatable bonds is 9. The van der Waals surface area contributed by atoms with E-state index in [2.05, 4.69) is 26.1 Å². The summed E-state index contributed by atoms with van der Waals surface area (Å²) in [6, 6.07) is 6.84. The van der Waals surface area contributed by atoms with Gasteiger partial charge in [0.1, 0.15) is 11.1 Å². The number of likely N-dealkylation sites (N-methyl/N-ethyl adjacent to an activating group) is 1. The Bertz CT molecular complexity index is 994. The van der Waals surface area contributed by atoms with Crippen LogP contribution in [0.25, 0.3) is 0 Å². The Morgan fingerprint density at radius 3 is 2.15 bits per heavy atom. The fourth-order valence-electron chi connectivity index (χ4n) is 2.90. The van der Waals surface area contributed by atoms with Crippen molar-refractivity contribution >= 4 is 29.3 Å². The second-order valence-corrected chi connectivity index (χ2v) is 9.37. The summed E-state index contributed by atoms with van der Waals surface area (Å²) in [6.07, 6.45) is -0.583.